The Morgan fingerprint density at radius 1 is 1.00 bits per heavy atom. The van der Waals surface area contributed by atoms with Crippen LogP contribution in [0.1, 0.15) is 5.89 Å². The normalized spacial score (nSPS) is 21.7. The van der Waals surface area contributed by atoms with Crippen LogP contribution in [-0.4, -0.2) is 96.4 Å². The predicted molar refractivity (Wildman–Crippen MR) is 96.8 cm³/mol. The van der Waals surface area contributed by atoms with Gasteiger partial charge in [-0.3, -0.25) is 4.90 Å². The molecule has 0 atom stereocenters. The van der Waals surface area contributed by atoms with Gasteiger partial charge in [-0.05, 0) is 19.2 Å². The van der Waals surface area contributed by atoms with Crippen LogP contribution >= 0.6 is 0 Å². The third-order valence-electron chi connectivity index (χ3n) is 5.00. The predicted octanol–water partition coefficient (Wildman–Crippen LogP) is -0.0606. The average Bonchev–Trinajstić information content (AvgIpc) is 3.34. The van der Waals surface area contributed by atoms with Crippen molar-refractivity contribution in [3.05, 3.63) is 24.3 Å². The Hall–Kier alpha value is -1.79. The van der Waals surface area contributed by atoms with Gasteiger partial charge in [0, 0.05) is 52.4 Å². The van der Waals surface area contributed by atoms with Crippen molar-refractivity contribution in [2.45, 2.75) is 6.54 Å². The molecule has 0 saturated carbocycles. The molecule has 2 aromatic heterocycles. The summed E-state index contributed by atoms with van der Waals surface area (Å²) < 4.78 is 39.7. The number of piperazine rings is 2. The first-order chi connectivity index (χ1) is 13.0. The van der Waals surface area contributed by atoms with E-state index in [1.165, 1.54) is 0 Å². The van der Waals surface area contributed by atoms with Gasteiger partial charge in [-0.25, -0.2) is 0 Å². The van der Waals surface area contributed by atoms with Gasteiger partial charge in [0.05, 0.1) is 12.8 Å². The number of likely N-dealkylation sites (N-methyl/N-ethyl adjacent to an activating group) is 1. The SMILES string of the molecule is CN1CCN(S(=O)(=O)N2CCN(Cc3nnc(-c4ccco4)o3)CC2)CC1. The molecule has 0 spiro atoms. The second-order valence-corrected chi connectivity index (χ2v) is 8.79. The maximum atomic E-state index is 12.8. The number of aromatic nitrogens is 2. The fraction of sp³-hybridized carbons (Fsp3) is 0.625. The maximum absolute atomic E-state index is 12.8. The van der Waals surface area contributed by atoms with E-state index in [2.05, 4.69) is 20.0 Å². The van der Waals surface area contributed by atoms with E-state index in [1.54, 1.807) is 27.0 Å². The first-order valence-corrected chi connectivity index (χ1v) is 10.4. The molecule has 4 rings (SSSR count). The molecule has 0 aliphatic carbocycles. The zero-order chi connectivity index (χ0) is 18.9. The highest BCUT2D eigenvalue weighted by Crippen LogP contribution is 2.19. The number of rotatable bonds is 5. The van der Waals surface area contributed by atoms with E-state index in [0.29, 0.717) is 63.4 Å². The van der Waals surface area contributed by atoms with Gasteiger partial charge in [0.1, 0.15) is 0 Å². The van der Waals surface area contributed by atoms with Crippen LogP contribution in [0.2, 0.25) is 0 Å². The lowest BCUT2D eigenvalue weighted by molar-refractivity contribution is 0.156. The molecule has 148 valence electrons. The summed E-state index contributed by atoms with van der Waals surface area (Å²) in [6.45, 7) is 5.34. The Morgan fingerprint density at radius 2 is 1.67 bits per heavy atom. The summed E-state index contributed by atoms with van der Waals surface area (Å²) in [5, 5.41) is 8.04. The number of nitrogens with zero attached hydrogens (tertiary/aromatic N) is 6. The van der Waals surface area contributed by atoms with E-state index < -0.39 is 10.2 Å². The largest absolute Gasteiger partial charge is 0.459 e. The molecule has 0 N–H and O–H groups in total. The summed E-state index contributed by atoms with van der Waals surface area (Å²) in [5.74, 6) is 1.39. The van der Waals surface area contributed by atoms with Crippen LogP contribution in [0, 0.1) is 0 Å². The molecule has 11 heteroatoms. The Bertz CT molecular complexity index is 836. The number of hydrogen-bond acceptors (Lipinski definition) is 8. The smallest absolute Gasteiger partial charge is 0.283 e. The number of hydrogen-bond donors (Lipinski definition) is 0. The summed E-state index contributed by atoms with van der Waals surface area (Å²) >= 11 is 0. The van der Waals surface area contributed by atoms with Gasteiger partial charge in [0.2, 0.25) is 5.89 Å². The minimum Gasteiger partial charge on any atom is -0.459 e. The maximum Gasteiger partial charge on any atom is 0.283 e. The summed E-state index contributed by atoms with van der Waals surface area (Å²) in [7, 11) is -1.37. The van der Waals surface area contributed by atoms with E-state index >= 15 is 0 Å². The highest BCUT2D eigenvalue weighted by Gasteiger charge is 2.34. The van der Waals surface area contributed by atoms with Crippen molar-refractivity contribution in [2.75, 3.05) is 59.4 Å². The molecular weight excluding hydrogens is 372 g/mol. The zero-order valence-corrected chi connectivity index (χ0v) is 16.1. The van der Waals surface area contributed by atoms with E-state index in [1.807, 2.05) is 7.05 Å². The first kappa shape index (κ1) is 18.6. The third-order valence-corrected chi connectivity index (χ3v) is 7.04. The fourth-order valence-electron chi connectivity index (χ4n) is 3.31. The summed E-state index contributed by atoms with van der Waals surface area (Å²) in [6, 6.07) is 3.53. The number of furan rings is 1. The van der Waals surface area contributed by atoms with E-state index in [0.717, 1.165) is 13.1 Å². The molecule has 2 saturated heterocycles. The lowest BCUT2D eigenvalue weighted by atomic mass is 10.3. The monoisotopic (exact) mass is 396 g/mol. The fourth-order valence-corrected chi connectivity index (χ4v) is 4.89. The van der Waals surface area contributed by atoms with Gasteiger partial charge in [-0.15, -0.1) is 10.2 Å². The van der Waals surface area contributed by atoms with Crippen LogP contribution in [0.4, 0.5) is 0 Å². The van der Waals surface area contributed by atoms with Crippen molar-refractivity contribution in [2.24, 2.45) is 0 Å². The summed E-state index contributed by atoms with van der Waals surface area (Å²) in [5.41, 5.74) is 0. The standard InChI is InChI=1S/C16H24N6O4S/c1-19-4-8-21(9-5-19)27(23,24)22-10-6-20(7-11-22)13-15-17-18-16(26-15)14-3-2-12-25-14/h2-3,12H,4-11,13H2,1H3. The zero-order valence-electron chi connectivity index (χ0n) is 15.3. The summed E-state index contributed by atoms with van der Waals surface area (Å²) in [6.07, 6.45) is 1.55. The van der Waals surface area contributed by atoms with E-state index in [-0.39, 0.29) is 0 Å². The van der Waals surface area contributed by atoms with Gasteiger partial charge < -0.3 is 13.7 Å². The quantitative estimate of drug-likeness (QED) is 0.693. The van der Waals surface area contributed by atoms with Gasteiger partial charge in [0.25, 0.3) is 16.1 Å². The van der Waals surface area contributed by atoms with Crippen molar-refractivity contribution >= 4 is 10.2 Å². The van der Waals surface area contributed by atoms with Crippen molar-refractivity contribution in [3.8, 4) is 11.7 Å². The van der Waals surface area contributed by atoms with Crippen LogP contribution < -0.4 is 0 Å². The Labute approximate surface area is 158 Å². The van der Waals surface area contributed by atoms with Crippen molar-refractivity contribution < 1.29 is 17.3 Å². The third kappa shape index (κ3) is 4.06. The first-order valence-electron chi connectivity index (χ1n) is 9.05. The topological polar surface area (TPSA) is 99.2 Å². The van der Waals surface area contributed by atoms with Crippen LogP contribution in [-0.2, 0) is 16.8 Å². The second-order valence-electron chi connectivity index (χ2n) is 6.86. The Balaban J connectivity index is 1.31. The van der Waals surface area contributed by atoms with Gasteiger partial charge in [0.15, 0.2) is 5.76 Å². The molecule has 0 bridgehead atoms. The molecule has 2 aromatic rings. The van der Waals surface area contributed by atoms with Gasteiger partial charge >= 0.3 is 0 Å². The van der Waals surface area contributed by atoms with Crippen LogP contribution in [0.25, 0.3) is 11.7 Å². The molecule has 4 heterocycles. The summed E-state index contributed by atoms with van der Waals surface area (Å²) in [4.78, 5) is 4.26. The molecule has 2 fully saturated rings. The van der Waals surface area contributed by atoms with Crippen LogP contribution in [0.3, 0.4) is 0 Å². The van der Waals surface area contributed by atoms with E-state index in [9.17, 15) is 8.42 Å². The van der Waals surface area contributed by atoms with E-state index in [4.69, 9.17) is 8.83 Å². The molecule has 2 aliphatic heterocycles. The molecule has 2 aliphatic rings. The lowest BCUT2D eigenvalue weighted by Gasteiger charge is -2.38. The van der Waals surface area contributed by atoms with Crippen molar-refractivity contribution in [1.82, 2.24) is 28.6 Å². The van der Waals surface area contributed by atoms with Crippen LogP contribution in [0.15, 0.2) is 27.2 Å². The molecule has 0 unspecified atom stereocenters. The molecule has 27 heavy (non-hydrogen) atoms. The Kier molecular flexibility index (Phi) is 5.28. The van der Waals surface area contributed by atoms with Gasteiger partial charge in [-0.1, -0.05) is 0 Å². The average molecular weight is 396 g/mol. The molecule has 0 radical (unpaired) electrons. The Morgan fingerprint density at radius 3 is 2.30 bits per heavy atom. The molecule has 0 aromatic carbocycles. The minimum absolute atomic E-state index is 0.353. The lowest BCUT2D eigenvalue weighted by Crippen LogP contribution is -2.56. The highest BCUT2D eigenvalue weighted by molar-refractivity contribution is 7.86. The molecule has 10 nitrogen and oxygen atoms in total. The van der Waals surface area contributed by atoms with Crippen molar-refractivity contribution in [3.63, 3.8) is 0 Å². The van der Waals surface area contributed by atoms with Crippen LogP contribution in [0.5, 0.6) is 0 Å². The highest BCUT2D eigenvalue weighted by atomic mass is 32.2. The second kappa shape index (κ2) is 7.68. The molecule has 0 amide bonds. The van der Waals surface area contributed by atoms with Crippen molar-refractivity contribution in [1.29, 1.82) is 0 Å². The minimum atomic E-state index is -3.38. The van der Waals surface area contributed by atoms with Gasteiger partial charge in [-0.2, -0.15) is 17.0 Å². The molecular formula is C16H24N6O4S.